The summed E-state index contributed by atoms with van der Waals surface area (Å²) in [4.78, 5) is 12.3. The fraction of sp³-hybridized carbons (Fsp3) is 0.278. The molecule has 0 heterocycles. The molecule has 23 heavy (non-hydrogen) atoms. The van der Waals surface area contributed by atoms with Crippen LogP contribution in [0.5, 0.6) is 11.5 Å². The molecule has 5 heteroatoms. The van der Waals surface area contributed by atoms with E-state index in [0.717, 1.165) is 10.6 Å². The molecule has 0 aliphatic rings. The highest BCUT2D eigenvalue weighted by Crippen LogP contribution is 2.22. The van der Waals surface area contributed by atoms with Gasteiger partial charge in [-0.15, -0.1) is 11.8 Å². The molecule has 4 nitrogen and oxygen atoms in total. The number of aliphatic hydroxyl groups is 1. The van der Waals surface area contributed by atoms with Crippen molar-refractivity contribution < 1.29 is 19.4 Å². The van der Waals surface area contributed by atoms with Gasteiger partial charge in [-0.2, -0.15) is 0 Å². The van der Waals surface area contributed by atoms with Crippen LogP contribution in [0.2, 0.25) is 0 Å². The van der Waals surface area contributed by atoms with Gasteiger partial charge in [-0.05, 0) is 55.5 Å². The van der Waals surface area contributed by atoms with Crippen molar-refractivity contribution in [3.8, 4) is 11.5 Å². The summed E-state index contributed by atoms with van der Waals surface area (Å²) in [5, 5.41) is 9.99. The number of ketones is 1. The van der Waals surface area contributed by atoms with Crippen molar-refractivity contribution in [2.75, 3.05) is 19.5 Å². The van der Waals surface area contributed by atoms with E-state index >= 15 is 0 Å². The summed E-state index contributed by atoms with van der Waals surface area (Å²) >= 11 is 1.56. The molecular weight excluding hydrogens is 312 g/mol. The van der Waals surface area contributed by atoms with Gasteiger partial charge in [0.15, 0.2) is 5.78 Å². The zero-order valence-corrected chi connectivity index (χ0v) is 14.0. The van der Waals surface area contributed by atoms with E-state index in [4.69, 9.17) is 9.47 Å². The second-order valence-corrected chi connectivity index (χ2v) is 6.13. The van der Waals surface area contributed by atoms with Crippen molar-refractivity contribution in [1.29, 1.82) is 0 Å². The first-order valence-corrected chi connectivity index (χ1v) is 8.26. The summed E-state index contributed by atoms with van der Waals surface area (Å²) in [5.41, 5.74) is 0.646. The Morgan fingerprint density at radius 3 is 2.26 bits per heavy atom. The van der Waals surface area contributed by atoms with Crippen LogP contribution in [0, 0.1) is 0 Å². The Kier molecular flexibility index (Phi) is 6.50. The molecule has 0 amide bonds. The number of aliphatic hydroxyl groups excluding tert-OH is 1. The van der Waals surface area contributed by atoms with E-state index in [1.165, 1.54) is 6.92 Å². The Labute approximate surface area is 140 Å². The molecule has 2 aromatic rings. The van der Waals surface area contributed by atoms with Gasteiger partial charge in [0.1, 0.15) is 18.1 Å². The van der Waals surface area contributed by atoms with E-state index in [0.29, 0.717) is 17.1 Å². The highest BCUT2D eigenvalue weighted by atomic mass is 32.2. The standard InChI is InChI=1S/C18H20O4S/c1-13(19)14-3-5-17(6-4-14)22-11-15(20)12-23-18-9-7-16(21-2)8-10-18/h3-10,15,20H,11-12H2,1-2H3. The van der Waals surface area contributed by atoms with Gasteiger partial charge in [0.2, 0.25) is 0 Å². The van der Waals surface area contributed by atoms with E-state index < -0.39 is 6.10 Å². The van der Waals surface area contributed by atoms with E-state index in [1.807, 2.05) is 24.3 Å². The molecular formula is C18H20O4S. The third kappa shape index (κ3) is 5.62. The maximum atomic E-state index is 11.2. The molecule has 0 radical (unpaired) electrons. The van der Waals surface area contributed by atoms with Crippen molar-refractivity contribution in [3.05, 3.63) is 54.1 Å². The predicted octanol–water partition coefficient (Wildman–Crippen LogP) is 3.43. The number of hydrogen-bond donors (Lipinski definition) is 1. The smallest absolute Gasteiger partial charge is 0.159 e. The number of methoxy groups -OCH3 is 1. The van der Waals surface area contributed by atoms with Gasteiger partial charge in [0, 0.05) is 16.2 Å². The van der Waals surface area contributed by atoms with Crippen molar-refractivity contribution in [2.45, 2.75) is 17.9 Å². The van der Waals surface area contributed by atoms with Crippen LogP contribution in [-0.4, -0.2) is 36.5 Å². The number of rotatable bonds is 8. The summed E-state index contributed by atoms with van der Waals surface area (Å²) in [6.07, 6.45) is -0.574. The van der Waals surface area contributed by atoms with Gasteiger partial charge in [-0.1, -0.05) is 0 Å². The van der Waals surface area contributed by atoms with Gasteiger partial charge in [0.05, 0.1) is 13.2 Å². The van der Waals surface area contributed by atoms with Crippen molar-refractivity contribution >= 4 is 17.5 Å². The Balaban J connectivity index is 1.75. The number of benzene rings is 2. The van der Waals surface area contributed by atoms with Crippen LogP contribution in [0.15, 0.2) is 53.4 Å². The molecule has 0 fully saturated rings. The third-order valence-corrected chi connectivity index (χ3v) is 4.36. The van der Waals surface area contributed by atoms with Gasteiger partial charge in [0.25, 0.3) is 0 Å². The Morgan fingerprint density at radius 2 is 1.70 bits per heavy atom. The number of hydrogen-bond acceptors (Lipinski definition) is 5. The summed E-state index contributed by atoms with van der Waals surface area (Å²) in [7, 11) is 1.63. The SMILES string of the molecule is COc1ccc(SCC(O)COc2ccc(C(C)=O)cc2)cc1. The largest absolute Gasteiger partial charge is 0.497 e. The van der Waals surface area contributed by atoms with E-state index in [-0.39, 0.29) is 12.4 Å². The molecule has 2 rings (SSSR count). The predicted molar refractivity (Wildman–Crippen MR) is 91.7 cm³/mol. The summed E-state index contributed by atoms with van der Waals surface area (Å²) < 4.78 is 10.6. The lowest BCUT2D eigenvalue weighted by molar-refractivity contribution is 0.101. The molecule has 0 aromatic heterocycles. The average Bonchev–Trinajstić information content (AvgIpc) is 2.59. The van der Waals surface area contributed by atoms with Crippen LogP contribution in [-0.2, 0) is 0 Å². The second kappa shape index (κ2) is 8.60. The lowest BCUT2D eigenvalue weighted by atomic mass is 10.1. The quantitative estimate of drug-likeness (QED) is 0.593. The lowest BCUT2D eigenvalue weighted by Crippen LogP contribution is -2.20. The second-order valence-electron chi connectivity index (χ2n) is 5.03. The summed E-state index contributed by atoms with van der Waals surface area (Å²) in [6, 6.07) is 14.6. The minimum atomic E-state index is -0.574. The van der Waals surface area contributed by atoms with Crippen LogP contribution in [0.3, 0.4) is 0 Å². The molecule has 0 aliphatic heterocycles. The summed E-state index contributed by atoms with van der Waals surface area (Å²) in [6.45, 7) is 1.73. The number of ether oxygens (including phenoxy) is 2. The maximum absolute atomic E-state index is 11.2. The fourth-order valence-corrected chi connectivity index (χ4v) is 2.70. The molecule has 0 aliphatic carbocycles. The van der Waals surface area contributed by atoms with Crippen molar-refractivity contribution in [3.63, 3.8) is 0 Å². The molecule has 1 unspecified atom stereocenters. The number of thioether (sulfide) groups is 1. The molecule has 0 saturated heterocycles. The monoisotopic (exact) mass is 332 g/mol. The van der Waals surface area contributed by atoms with Crippen LogP contribution < -0.4 is 9.47 Å². The first kappa shape index (κ1) is 17.4. The zero-order chi connectivity index (χ0) is 16.7. The topological polar surface area (TPSA) is 55.8 Å². The number of carbonyl (C=O) groups is 1. The van der Waals surface area contributed by atoms with E-state index in [9.17, 15) is 9.90 Å². The average molecular weight is 332 g/mol. The molecule has 2 aromatic carbocycles. The minimum absolute atomic E-state index is 0.0208. The molecule has 0 saturated carbocycles. The fourth-order valence-electron chi connectivity index (χ4n) is 1.89. The maximum Gasteiger partial charge on any atom is 0.159 e. The molecule has 1 atom stereocenters. The van der Waals surface area contributed by atoms with E-state index in [2.05, 4.69) is 0 Å². The normalized spacial score (nSPS) is 11.8. The molecule has 1 N–H and O–H groups in total. The zero-order valence-electron chi connectivity index (χ0n) is 13.2. The highest BCUT2D eigenvalue weighted by Gasteiger charge is 2.07. The van der Waals surface area contributed by atoms with Gasteiger partial charge >= 0.3 is 0 Å². The van der Waals surface area contributed by atoms with Crippen LogP contribution in [0.1, 0.15) is 17.3 Å². The minimum Gasteiger partial charge on any atom is -0.497 e. The van der Waals surface area contributed by atoms with Crippen LogP contribution in [0.4, 0.5) is 0 Å². The first-order valence-electron chi connectivity index (χ1n) is 7.27. The van der Waals surface area contributed by atoms with Crippen LogP contribution in [0.25, 0.3) is 0 Å². The molecule has 0 bridgehead atoms. The Bertz CT molecular complexity index is 622. The third-order valence-electron chi connectivity index (χ3n) is 3.21. The van der Waals surface area contributed by atoms with Gasteiger partial charge in [-0.25, -0.2) is 0 Å². The number of Topliss-reactive ketones (excluding diaryl/α,β-unsaturated/α-hetero) is 1. The molecule has 122 valence electrons. The van der Waals surface area contributed by atoms with Gasteiger partial charge in [-0.3, -0.25) is 4.79 Å². The Morgan fingerprint density at radius 1 is 1.09 bits per heavy atom. The van der Waals surface area contributed by atoms with Crippen LogP contribution >= 0.6 is 11.8 Å². The van der Waals surface area contributed by atoms with Gasteiger partial charge < -0.3 is 14.6 Å². The highest BCUT2D eigenvalue weighted by molar-refractivity contribution is 7.99. The lowest BCUT2D eigenvalue weighted by Gasteiger charge is -2.12. The first-order chi connectivity index (χ1) is 11.1. The summed E-state index contributed by atoms with van der Waals surface area (Å²) in [5.74, 6) is 2.01. The molecule has 0 spiro atoms. The Hall–Kier alpha value is -1.98. The van der Waals surface area contributed by atoms with Crippen molar-refractivity contribution in [1.82, 2.24) is 0 Å². The van der Waals surface area contributed by atoms with E-state index in [1.54, 1.807) is 43.1 Å². The van der Waals surface area contributed by atoms with Crippen molar-refractivity contribution in [2.24, 2.45) is 0 Å². The number of carbonyl (C=O) groups excluding carboxylic acids is 1.